The molecule has 0 spiro atoms. The minimum atomic E-state index is -0.540. The molecule has 2 unspecified atom stereocenters. The second kappa shape index (κ2) is 5.33. The molecule has 1 aliphatic rings. The van der Waals surface area contributed by atoms with Crippen molar-refractivity contribution < 1.29 is 9.90 Å². The van der Waals surface area contributed by atoms with E-state index in [1.54, 1.807) is 4.90 Å². The maximum Gasteiger partial charge on any atom is 0.232 e. The van der Waals surface area contributed by atoms with Gasteiger partial charge in [-0.1, -0.05) is 37.3 Å². The summed E-state index contributed by atoms with van der Waals surface area (Å²) in [5.41, 5.74) is 0.481. The molecular weight excluding hydrogens is 238 g/mol. The third-order valence-corrected chi connectivity index (χ3v) is 4.24. The molecule has 1 amide bonds. The molecular formula is C16H23NO2. The number of amides is 1. The first kappa shape index (κ1) is 14.1. The highest BCUT2D eigenvalue weighted by molar-refractivity contribution is 5.87. The molecule has 0 aliphatic carbocycles. The molecule has 1 heterocycles. The van der Waals surface area contributed by atoms with E-state index in [0.717, 1.165) is 18.5 Å². The van der Waals surface area contributed by atoms with Crippen molar-refractivity contribution in [2.45, 2.75) is 38.7 Å². The molecule has 1 fully saturated rings. The molecule has 1 aliphatic heterocycles. The van der Waals surface area contributed by atoms with E-state index in [-0.39, 0.29) is 11.8 Å². The number of carbonyl (C=O) groups is 1. The van der Waals surface area contributed by atoms with Crippen LogP contribution in [0.2, 0.25) is 0 Å². The Bertz CT molecular complexity index is 441. The van der Waals surface area contributed by atoms with Gasteiger partial charge in [-0.25, -0.2) is 0 Å². The van der Waals surface area contributed by atoms with Gasteiger partial charge in [0.05, 0.1) is 11.5 Å². The monoisotopic (exact) mass is 261 g/mol. The van der Waals surface area contributed by atoms with Gasteiger partial charge in [0.25, 0.3) is 0 Å². The average molecular weight is 261 g/mol. The quantitative estimate of drug-likeness (QED) is 0.886. The first-order chi connectivity index (χ1) is 8.93. The second-order valence-electron chi connectivity index (χ2n) is 6.08. The number of hydrogen-bond acceptors (Lipinski definition) is 2. The van der Waals surface area contributed by atoms with Gasteiger partial charge in [0.1, 0.15) is 0 Å². The van der Waals surface area contributed by atoms with Crippen LogP contribution in [0.4, 0.5) is 0 Å². The number of nitrogens with zero attached hydrogens (tertiary/aromatic N) is 1. The first-order valence-corrected chi connectivity index (χ1v) is 6.96. The Hall–Kier alpha value is -1.35. The van der Waals surface area contributed by atoms with Gasteiger partial charge in [0.15, 0.2) is 0 Å². The normalized spacial score (nSPS) is 24.3. The Morgan fingerprint density at radius 2 is 1.95 bits per heavy atom. The van der Waals surface area contributed by atoms with E-state index < -0.39 is 11.5 Å². The van der Waals surface area contributed by atoms with Crippen LogP contribution in [-0.2, 0) is 10.2 Å². The van der Waals surface area contributed by atoms with Crippen molar-refractivity contribution in [3.8, 4) is 0 Å². The summed E-state index contributed by atoms with van der Waals surface area (Å²) in [4.78, 5) is 14.5. The summed E-state index contributed by atoms with van der Waals surface area (Å²) in [6.45, 7) is 7.14. The SMILES string of the molecule is CC1CCN(C(=O)C(C)(C)c2ccccc2)CC1O. The summed E-state index contributed by atoms with van der Waals surface area (Å²) in [5.74, 6) is 0.383. The Morgan fingerprint density at radius 1 is 1.32 bits per heavy atom. The van der Waals surface area contributed by atoms with Crippen LogP contribution in [0.3, 0.4) is 0 Å². The van der Waals surface area contributed by atoms with Gasteiger partial charge in [-0.2, -0.15) is 0 Å². The summed E-state index contributed by atoms with van der Waals surface area (Å²) >= 11 is 0. The molecule has 1 aromatic rings. The predicted octanol–water partition coefficient (Wildman–Crippen LogP) is 2.19. The van der Waals surface area contributed by atoms with E-state index in [9.17, 15) is 9.90 Å². The van der Waals surface area contributed by atoms with E-state index in [0.29, 0.717) is 6.54 Å². The largest absolute Gasteiger partial charge is 0.391 e. The molecule has 1 N–H and O–H groups in total. The highest BCUT2D eigenvalue weighted by atomic mass is 16.3. The number of hydrogen-bond donors (Lipinski definition) is 1. The van der Waals surface area contributed by atoms with Crippen molar-refractivity contribution in [3.05, 3.63) is 35.9 Å². The lowest BCUT2D eigenvalue weighted by Crippen LogP contribution is -2.51. The van der Waals surface area contributed by atoms with Crippen molar-refractivity contribution in [2.75, 3.05) is 13.1 Å². The Kier molecular flexibility index (Phi) is 3.95. The minimum absolute atomic E-state index is 0.102. The number of rotatable bonds is 2. The second-order valence-corrected chi connectivity index (χ2v) is 6.08. The predicted molar refractivity (Wildman–Crippen MR) is 75.8 cm³/mol. The summed E-state index contributed by atoms with van der Waals surface area (Å²) in [5, 5.41) is 9.94. The van der Waals surface area contributed by atoms with E-state index in [1.807, 2.05) is 51.1 Å². The number of benzene rings is 1. The zero-order chi connectivity index (χ0) is 14.0. The van der Waals surface area contributed by atoms with Gasteiger partial charge in [-0.3, -0.25) is 4.79 Å². The Labute approximate surface area is 115 Å². The maximum absolute atomic E-state index is 12.7. The summed E-state index contributed by atoms with van der Waals surface area (Å²) in [6.07, 6.45) is 0.474. The zero-order valence-electron chi connectivity index (χ0n) is 12.0. The van der Waals surface area contributed by atoms with Crippen molar-refractivity contribution >= 4 is 5.91 Å². The highest BCUT2D eigenvalue weighted by Crippen LogP contribution is 2.28. The lowest BCUT2D eigenvalue weighted by atomic mass is 9.82. The molecule has 0 bridgehead atoms. The van der Waals surface area contributed by atoms with Crippen molar-refractivity contribution in [3.63, 3.8) is 0 Å². The standard InChI is InChI=1S/C16H23NO2/c1-12-9-10-17(11-14(12)18)15(19)16(2,3)13-7-5-4-6-8-13/h4-8,12,14,18H,9-11H2,1-3H3. The lowest BCUT2D eigenvalue weighted by molar-refractivity contribution is -0.140. The van der Waals surface area contributed by atoms with Gasteiger partial charge in [-0.15, -0.1) is 0 Å². The fraction of sp³-hybridized carbons (Fsp3) is 0.562. The molecule has 1 saturated heterocycles. The Balaban J connectivity index is 2.15. The number of aliphatic hydroxyl groups is 1. The van der Waals surface area contributed by atoms with Gasteiger partial charge < -0.3 is 10.0 Å². The van der Waals surface area contributed by atoms with Gasteiger partial charge >= 0.3 is 0 Å². The topological polar surface area (TPSA) is 40.5 Å². The van der Waals surface area contributed by atoms with Crippen molar-refractivity contribution in [1.82, 2.24) is 4.90 Å². The van der Waals surface area contributed by atoms with E-state index in [4.69, 9.17) is 0 Å². The van der Waals surface area contributed by atoms with Crippen molar-refractivity contribution in [2.24, 2.45) is 5.92 Å². The van der Waals surface area contributed by atoms with Gasteiger partial charge in [0.2, 0.25) is 5.91 Å². The van der Waals surface area contributed by atoms with E-state index >= 15 is 0 Å². The van der Waals surface area contributed by atoms with Crippen LogP contribution in [0, 0.1) is 5.92 Å². The molecule has 3 nitrogen and oxygen atoms in total. The fourth-order valence-corrected chi connectivity index (χ4v) is 2.61. The van der Waals surface area contributed by atoms with Crippen LogP contribution in [-0.4, -0.2) is 35.1 Å². The fourth-order valence-electron chi connectivity index (χ4n) is 2.61. The molecule has 0 radical (unpaired) electrons. The number of aliphatic hydroxyl groups excluding tert-OH is 1. The maximum atomic E-state index is 12.7. The third-order valence-electron chi connectivity index (χ3n) is 4.24. The molecule has 0 saturated carbocycles. The van der Waals surface area contributed by atoms with Crippen LogP contribution in [0.1, 0.15) is 32.8 Å². The summed E-state index contributed by atoms with van der Waals surface area (Å²) < 4.78 is 0. The molecule has 0 aromatic heterocycles. The average Bonchev–Trinajstić information content (AvgIpc) is 2.42. The van der Waals surface area contributed by atoms with Crippen LogP contribution >= 0.6 is 0 Å². The number of β-amino-alcohol motifs (C(OH)–C–C–N with tert-alkyl or cyclic N) is 1. The number of piperidine rings is 1. The highest BCUT2D eigenvalue weighted by Gasteiger charge is 2.36. The summed E-state index contributed by atoms with van der Waals surface area (Å²) in [6, 6.07) is 9.84. The lowest BCUT2D eigenvalue weighted by Gasteiger charge is -2.38. The van der Waals surface area contributed by atoms with E-state index in [1.165, 1.54) is 0 Å². The summed E-state index contributed by atoms with van der Waals surface area (Å²) in [7, 11) is 0. The van der Waals surface area contributed by atoms with Gasteiger partial charge in [-0.05, 0) is 31.7 Å². The van der Waals surface area contributed by atoms with Crippen molar-refractivity contribution in [1.29, 1.82) is 0 Å². The van der Waals surface area contributed by atoms with Crippen LogP contribution < -0.4 is 0 Å². The molecule has 19 heavy (non-hydrogen) atoms. The molecule has 104 valence electrons. The third kappa shape index (κ3) is 2.81. The van der Waals surface area contributed by atoms with Crippen LogP contribution in [0.15, 0.2) is 30.3 Å². The van der Waals surface area contributed by atoms with Crippen LogP contribution in [0.25, 0.3) is 0 Å². The molecule has 3 heteroatoms. The minimum Gasteiger partial charge on any atom is -0.391 e. The number of carbonyl (C=O) groups excluding carboxylic acids is 1. The Morgan fingerprint density at radius 3 is 2.53 bits per heavy atom. The number of likely N-dealkylation sites (tertiary alicyclic amines) is 1. The molecule has 2 atom stereocenters. The zero-order valence-corrected chi connectivity index (χ0v) is 12.0. The van der Waals surface area contributed by atoms with E-state index in [2.05, 4.69) is 0 Å². The van der Waals surface area contributed by atoms with Crippen LogP contribution in [0.5, 0.6) is 0 Å². The molecule has 1 aromatic carbocycles. The molecule has 2 rings (SSSR count). The smallest absolute Gasteiger partial charge is 0.232 e. The van der Waals surface area contributed by atoms with Gasteiger partial charge in [0, 0.05) is 13.1 Å². The first-order valence-electron chi connectivity index (χ1n) is 6.96.